The number of anilines is 3. The molecular formula is C19H16N6O2. The summed E-state index contributed by atoms with van der Waals surface area (Å²) in [7, 11) is 1.42. The predicted molar refractivity (Wildman–Crippen MR) is 105 cm³/mol. The summed E-state index contributed by atoms with van der Waals surface area (Å²) in [5.74, 6) is 0.277. The van der Waals surface area contributed by atoms with Gasteiger partial charge in [-0.2, -0.15) is 4.98 Å². The van der Waals surface area contributed by atoms with Crippen molar-refractivity contribution >= 4 is 28.4 Å². The van der Waals surface area contributed by atoms with E-state index < -0.39 is 11.2 Å². The minimum absolute atomic E-state index is 0.210. The molecule has 0 radical (unpaired) electrons. The molecule has 0 saturated carbocycles. The van der Waals surface area contributed by atoms with Crippen molar-refractivity contribution in [2.24, 2.45) is 7.05 Å². The molecule has 2 aromatic heterocycles. The summed E-state index contributed by atoms with van der Waals surface area (Å²) in [5, 5.41) is 3.30. The Bertz CT molecular complexity index is 1260. The van der Waals surface area contributed by atoms with E-state index in [1.165, 1.54) is 17.8 Å². The Kier molecular flexibility index (Phi) is 3.92. The van der Waals surface area contributed by atoms with E-state index in [0.29, 0.717) is 11.4 Å². The minimum atomic E-state index is -0.512. The third kappa shape index (κ3) is 2.93. The SMILES string of the molecule is Cn1c(=O)c2cnc(Nc3ccccc3)nc2n(-c2cccc(N)c2)c1=O. The van der Waals surface area contributed by atoms with Crippen LogP contribution < -0.4 is 22.3 Å². The van der Waals surface area contributed by atoms with Crippen LogP contribution >= 0.6 is 0 Å². The molecule has 0 aliphatic heterocycles. The Morgan fingerprint density at radius 2 is 1.81 bits per heavy atom. The molecule has 4 rings (SSSR count). The second kappa shape index (κ2) is 6.41. The van der Waals surface area contributed by atoms with E-state index >= 15 is 0 Å². The maximum Gasteiger partial charge on any atom is 0.337 e. The van der Waals surface area contributed by atoms with Crippen molar-refractivity contribution in [3.8, 4) is 5.69 Å². The fraction of sp³-hybridized carbons (Fsp3) is 0.0526. The van der Waals surface area contributed by atoms with Gasteiger partial charge in [0.2, 0.25) is 5.95 Å². The average molecular weight is 360 g/mol. The first-order valence-corrected chi connectivity index (χ1v) is 8.21. The Morgan fingerprint density at radius 1 is 1.04 bits per heavy atom. The van der Waals surface area contributed by atoms with Gasteiger partial charge in [-0.05, 0) is 30.3 Å². The molecule has 3 N–H and O–H groups in total. The van der Waals surface area contributed by atoms with Crippen LogP contribution in [-0.4, -0.2) is 19.1 Å². The topological polar surface area (TPSA) is 108 Å². The quantitative estimate of drug-likeness (QED) is 0.540. The van der Waals surface area contributed by atoms with Crippen LogP contribution in [0.2, 0.25) is 0 Å². The van der Waals surface area contributed by atoms with Crippen LogP contribution in [0.3, 0.4) is 0 Å². The van der Waals surface area contributed by atoms with Crippen molar-refractivity contribution in [2.75, 3.05) is 11.1 Å². The van der Waals surface area contributed by atoms with Crippen LogP contribution in [0.5, 0.6) is 0 Å². The fourth-order valence-corrected chi connectivity index (χ4v) is 2.81. The van der Waals surface area contributed by atoms with Crippen molar-refractivity contribution in [2.45, 2.75) is 0 Å². The Balaban J connectivity index is 1.99. The summed E-state index contributed by atoms with van der Waals surface area (Å²) in [6.45, 7) is 0. The number of hydrogen-bond acceptors (Lipinski definition) is 6. The molecule has 0 amide bonds. The Labute approximate surface area is 153 Å². The molecule has 8 heteroatoms. The second-order valence-corrected chi connectivity index (χ2v) is 6.00. The predicted octanol–water partition coefficient (Wildman–Crippen LogP) is 1.81. The van der Waals surface area contributed by atoms with Gasteiger partial charge in [-0.15, -0.1) is 0 Å². The number of para-hydroxylation sites is 1. The molecule has 27 heavy (non-hydrogen) atoms. The Hall–Kier alpha value is -3.94. The molecule has 0 atom stereocenters. The van der Waals surface area contributed by atoms with Crippen molar-refractivity contribution in [1.82, 2.24) is 19.1 Å². The molecule has 0 fully saturated rings. The lowest BCUT2D eigenvalue weighted by molar-refractivity contribution is 0.747. The van der Waals surface area contributed by atoms with Crippen molar-refractivity contribution in [3.05, 3.63) is 81.6 Å². The van der Waals surface area contributed by atoms with E-state index in [4.69, 9.17) is 5.73 Å². The molecule has 0 aliphatic carbocycles. The standard InChI is InChI=1S/C19H16N6O2/c1-24-17(26)15-11-21-18(22-13-7-3-2-4-8-13)23-16(15)25(19(24)27)14-9-5-6-12(20)10-14/h2-11H,20H2,1H3,(H,21,22,23). The summed E-state index contributed by atoms with van der Waals surface area (Å²) in [5.41, 5.74) is 6.91. The monoisotopic (exact) mass is 360 g/mol. The van der Waals surface area contributed by atoms with Crippen LogP contribution in [0.15, 0.2) is 70.4 Å². The van der Waals surface area contributed by atoms with E-state index in [1.54, 1.807) is 24.3 Å². The zero-order valence-electron chi connectivity index (χ0n) is 14.5. The van der Waals surface area contributed by atoms with Crippen LogP contribution in [0, 0.1) is 0 Å². The van der Waals surface area contributed by atoms with Gasteiger partial charge >= 0.3 is 5.69 Å². The highest BCUT2D eigenvalue weighted by Gasteiger charge is 2.15. The summed E-state index contributed by atoms with van der Waals surface area (Å²) >= 11 is 0. The number of benzene rings is 2. The zero-order valence-corrected chi connectivity index (χ0v) is 14.5. The lowest BCUT2D eigenvalue weighted by atomic mass is 10.2. The molecule has 0 bridgehead atoms. The molecule has 134 valence electrons. The fourth-order valence-electron chi connectivity index (χ4n) is 2.81. The first-order chi connectivity index (χ1) is 13.0. The summed E-state index contributed by atoms with van der Waals surface area (Å²) in [6.07, 6.45) is 1.41. The number of aromatic nitrogens is 4. The van der Waals surface area contributed by atoms with Crippen molar-refractivity contribution in [1.29, 1.82) is 0 Å². The lowest BCUT2D eigenvalue weighted by Crippen LogP contribution is -2.38. The van der Waals surface area contributed by atoms with Crippen LogP contribution in [-0.2, 0) is 7.05 Å². The zero-order chi connectivity index (χ0) is 19.0. The second-order valence-electron chi connectivity index (χ2n) is 6.00. The van der Waals surface area contributed by atoms with Gasteiger partial charge in [0, 0.05) is 24.6 Å². The number of nitrogens with one attached hydrogen (secondary N) is 1. The van der Waals surface area contributed by atoms with Gasteiger partial charge < -0.3 is 11.1 Å². The largest absolute Gasteiger partial charge is 0.399 e. The summed E-state index contributed by atoms with van der Waals surface area (Å²) in [4.78, 5) is 33.9. The third-order valence-corrected chi connectivity index (χ3v) is 4.15. The minimum Gasteiger partial charge on any atom is -0.399 e. The van der Waals surface area contributed by atoms with E-state index in [2.05, 4.69) is 15.3 Å². The summed E-state index contributed by atoms with van der Waals surface area (Å²) < 4.78 is 2.38. The van der Waals surface area contributed by atoms with Gasteiger partial charge in [-0.3, -0.25) is 9.36 Å². The highest BCUT2D eigenvalue weighted by molar-refractivity contribution is 5.76. The molecule has 0 aliphatic rings. The average Bonchev–Trinajstić information content (AvgIpc) is 2.67. The first kappa shape index (κ1) is 16.5. The molecule has 4 aromatic rings. The molecular weight excluding hydrogens is 344 g/mol. The molecule has 0 saturated heterocycles. The number of nitrogens with zero attached hydrogens (tertiary/aromatic N) is 4. The van der Waals surface area contributed by atoms with Gasteiger partial charge in [0.1, 0.15) is 5.39 Å². The molecule has 2 aromatic carbocycles. The van der Waals surface area contributed by atoms with Crippen LogP contribution in [0.4, 0.5) is 17.3 Å². The highest BCUT2D eigenvalue weighted by atomic mass is 16.2. The van der Waals surface area contributed by atoms with Gasteiger partial charge in [0.05, 0.1) is 5.69 Å². The van der Waals surface area contributed by atoms with Crippen molar-refractivity contribution in [3.63, 3.8) is 0 Å². The molecule has 8 nitrogen and oxygen atoms in total. The summed E-state index contributed by atoms with van der Waals surface area (Å²) in [6, 6.07) is 16.2. The molecule has 0 unspecified atom stereocenters. The van der Waals surface area contributed by atoms with Crippen molar-refractivity contribution < 1.29 is 0 Å². The number of fused-ring (bicyclic) bond motifs is 1. The number of nitrogen functional groups attached to an aromatic ring is 1. The van der Waals surface area contributed by atoms with Gasteiger partial charge in [0.25, 0.3) is 5.56 Å². The number of nitrogens with two attached hydrogens (primary N) is 1. The van der Waals surface area contributed by atoms with E-state index in [9.17, 15) is 9.59 Å². The van der Waals surface area contributed by atoms with E-state index in [0.717, 1.165) is 10.3 Å². The first-order valence-electron chi connectivity index (χ1n) is 8.21. The van der Waals surface area contributed by atoms with Crippen LogP contribution in [0.1, 0.15) is 0 Å². The third-order valence-electron chi connectivity index (χ3n) is 4.15. The van der Waals surface area contributed by atoms with Gasteiger partial charge in [-0.25, -0.2) is 14.3 Å². The Morgan fingerprint density at radius 3 is 2.56 bits per heavy atom. The van der Waals surface area contributed by atoms with Gasteiger partial charge in [-0.1, -0.05) is 24.3 Å². The number of hydrogen-bond donors (Lipinski definition) is 2. The molecule has 0 spiro atoms. The maximum atomic E-state index is 12.8. The smallest absolute Gasteiger partial charge is 0.337 e. The van der Waals surface area contributed by atoms with E-state index in [1.807, 2.05) is 30.3 Å². The highest BCUT2D eigenvalue weighted by Crippen LogP contribution is 2.17. The normalized spacial score (nSPS) is 10.9. The van der Waals surface area contributed by atoms with E-state index in [-0.39, 0.29) is 17.0 Å². The number of rotatable bonds is 3. The maximum absolute atomic E-state index is 12.8. The molecule has 2 heterocycles. The van der Waals surface area contributed by atoms with Crippen LogP contribution in [0.25, 0.3) is 16.7 Å². The van der Waals surface area contributed by atoms with Gasteiger partial charge in [0.15, 0.2) is 5.65 Å². The lowest BCUT2D eigenvalue weighted by Gasteiger charge is -2.13.